The number of hydrogen-bond acceptors (Lipinski definition) is 7. The number of anilines is 1. The molecule has 8 nitrogen and oxygen atoms in total. The molecular formula is C24H29ClN4O4S. The first-order chi connectivity index (χ1) is 15.4. The molecule has 1 aromatic carbocycles. The number of carboxylic acid groups (broad SMARTS) is 1. The zero-order chi connectivity index (χ0) is 24.3. The molecular weight excluding hydrogens is 476 g/mol. The van der Waals surface area contributed by atoms with Crippen LogP contribution in [0.4, 0.5) is 5.82 Å². The quantitative estimate of drug-likeness (QED) is 0.424. The summed E-state index contributed by atoms with van der Waals surface area (Å²) in [5.41, 5.74) is 8.58. The summed E-state index contributed by atoms with van der Waals surface area (Å²) in [5, 5.41) is 11.6. The van der Waals surface area contributed by atoms with E-state index in [1.54, 1.807) is 12.1 Å². The van der Waals surface area contributed by atoms with Gasteiger partial charge in [0.2, 0.25) is 9.84 Å². The Kier molecular flexibility index (Phi) is 8.41. The molecule has 3 rings (SSSR count). The molecule has 0 saturated carbocycles. The van der Waals surface area contributed by atoms with Crippen LogP contribution in [0, 0.1) is 0 Å². The van der Waals surface area contributed by atoms with Gasteiger partial charge in [-0.15, -0.1) is 12.4 Å². The van der Waals surface area contributed by atoms with Crippen LogP contribution in [0.1, 0.15) is 37.6 Å². The molecule has 4 N–H and O–H groups in total. The Morgan fingerprint density at radius 3 is 2.29 bits per heavy atom. The molecule has 10 heteroatoms. The van der Waals surface area contributed by atoms with Crippen LogP contribution in [0.3, 0.4) is 0 Å². The van der Waals surface area contributed by atoms with E-state index in [2.05, 4.69) is 36.1 Å². The number of sulfone groups is 1. The monoisotopic (exact) mass is 504 g/mol. The van der Waals surface area contributed by atoms with Gasteiger partial charge in [0.1, 0.15) is 12.4 Å². The average Bonchev–Trinajstić information content (AvgIpc) is 2.78. The lowest BCUT2D eigenvalue weighted by molar-refractivity contribution is -0.134. The summed E-state index contributed by atoms with van der Waals surface area (Å²) in [5.74, 6) is -0.850. The van der Waals surface area contributed by atoms with E-state index in [-0.39, 0.29) is 47.2 Å². The van der Waals surface area contributed by atoms with Gasteiger partial charge in [0.25, 0.3) is 0 Å². The van der Waals surface area contributed by atoms with Gasteiger partial charge in [-0.25, -0.2) is 13.4 Å². The lowest BCUT2D eigenvalue weighted by Gasteiger charge is -2.29. The van der Waals surface area contributed by atoms with E-state index in [1.807, 2.05) is 24.3 Å². The molecule has 2 heterocycles. The van der Waals surface area contributed by atoms with Crippen molar-refractivity contribution in [2.24, 2.45) is 5.73 Å². The maximum absolute atomic E-state index is 13.7. The smallest absolute Gasteiger partial charge is 0.322 e. The van der Waals surface area contributed by atoms with Gasteiger partial charge in [0.05, 0.1) is 10.6 Å². The number of aromatic nitrogens is 2. The summed E-state index contributed by atoms with van der Waals surface area (Å²) in [6.07, 6.45) is 2.70. The number of hydrogen-bond donors (Lipinski definition) is 3. The number of nitrogens with zero attached hydrogens (tertiary/aromatic N) is 2. The van der Waals surface area contributed by atoms with Crippen molar-refractivity contribution < 1.29 is 18.3 Å². The molecule has 0 bridgehead atoms. The van der Waals surface area contributed by atoms with Gasteiger partial charge in [0.15, 0.2) is 4.87 Å². The number of nitrogens with two attached hydrogens (primary N) is 1. The molecule has 0 aliphatic rings. The molecule has 182 valence electrons. The maximum Gasteiger partial charge on any atom is 0.322 e. The number of benzene rings is 1. The van der Waals surface area contributed by atoms with Gasteiger partial charge in [-0.05, 0) is 40.8 Å². The summed E-state index contributed by atoms with van der Waals surface area (Å²) >= 11 is 0. The Labute approximate surface area is 206 Å². The first-order valence-electron chi connectivity index (χ1n) is 10.4. The molecule has 0 aliphatic carbocycles. The van der Waals surface area contributed by atoms with Gasteiger partial charge < -0.3 is 16.2 Å². The third kappa shape index (κ3) is 5.91. The minimum atomic E-state index is -4.13. The SMILES string of the molecule is CC(C)(C)c1ccc(CC(N)(c2cccc(NCC(=O)O)n2)S(=O)(=O)c2cccnc2)cc1.Cl. The third-order valence-corrected chi connectivity index (χ3v) is 7.49. The molecule has 34 heavy (non-hydrogen) atoms. The lowest BCUT2D eigenvalue weighted by Crippen LogP contribution is -2.47. The predicted molar refractivity (Wildman–Crippen MR) is 134 cm³/mol. The van der Waals surface area contributed by atoms with Crippen molar-refractivity contribution in [3.05, 3.63) is 83.8 Å². The average molecular weight is 505 g/mol. The van der Waals surface area contributed by atoms with Crippen LogP contribution in [0.5, 0.6) is 0 Å². The molecule has 0 aliphatic heterocycles. The summed E-state index contributed by atoms with van der Waals surface area (Å²) in [4.78, 5) is 17.3. The zero-order valence-electron chi connectivity index (χ0n) is 19.2. The molecule has 3 aromatic rings. The van der Waals surface area contributed by atoms with Crippen LogP contribution in [0.25, 0.3) is 0 Å². The van der Waals surface area contributed by atoms with Crippen molar-refractivity contribution in [3.63, 3.8) is 0 Å². The Bertz CT molecular complexity index is 1230. The highest BCUT2D eigenvalue weighted by Gasteiger charge is 2.44. The molecule has 1 unspecified atom stereocenters. The number of carboxylic acids is 1. The Morgan fingerprint density at radius 2 is 1.74 bits per heavy atom. The third-order valence-electron chi connectivity index (χ3n) is 5.31. The fraction of sp³-hybridized carbons (Fsp3) is 0.292. The minimum absolute atomic E-state index is 0. The van der Waals surface area contributed by atoms with Gasteiger partial charge in [-0.1, -0.05) is 51.1 Å². The summed E-state index contributed by atoms with van der Waals surface area (Å²) in [7, 11) is -4.13. The largest absolute Gasteiger partial charge is 0.480 e. The highest BCUT2D eigenvalue weighted by Crippen LogP contribution is 2.34. The summed E-state index contributed by atoms with van der Waals surface area (Å²) in [6.45, 7) is 5.93. The van der Waals surface area contributed by atoms with Crippen molar-refractivity contribution in [3.8, 4) is 0 Å². The number of pyridine rings is 2. The van der Waals surface area contributed by atoms with E-state index in [9.17, 15) is 13.2 Å². The summed E-state index contributed by atoms with van der Waals surface area (Å²) in [6, 6.07) is 15.3. The van der Waals surface area contributed by atoms with E-state index in [4.69, 9.17) is 10.8 Å². The van der Waals surface area contributed by atoms with Gasteiger partial charge in [-0.3, -0.25) is 9.78 Å². The first kappa shape index (κ1) is 27.2. The topological polar surface area (TPSA) is 135 Å². The summed E-state index contributed by atoms with van der Waals surface area (Å²) < 4.78 is 27.5. The highest BCUT2D eigenvalue weighted by atomic mass is 35.5. The van der Waals surface area contributed by atoms with E-state index in [0.717, 1.165) is 11.1 Å². The second-order valence-corrected chi connectivity index (χ2v) is 11.1. The molecule has 1 atom stereocenters. The van der Waals surface area contributed by atoms with Crippen molar-refractivity contribution in [2.75, 3.05) is 11.9 Å². The number of aliphatic carboxylic acids is 1. The standard InChI is InChI=1S/C24H28N4O4S.ClH/c1-23(2,3)18-11-9-17(10-12-18)14-24(25,33(31,32)19-6-5-13-26-15-19)20-7-4-8-21(28-20)27-16-22(29)30;/h4-13,15H,14,16,25H2,1-3H3,(H,27,28)(H,29,30);1H. The molecule has 0 saturated heterocycles. The van der Waals surface area contributed by atoms with Gasteiger partial charge in [-0.2, -0.15) is 0 Å². The lowest BCUT2D eigenvalue weighted by atomic mass is 9.86. The first-order valence-corrected chi connectivity index (χ1v) is 11.9. The Hall–Kier alpha value is -3.01. The molecule has 2 aromatic heterocycles. The van der Waals surface area contributed by atoms with Crippen molar-refractivity contribution in [1.29, 1.82) is 0 Å². The second-order valence-electron chi connectivity index (χ2n) is 8.86. The van der Waals surface area contributed by atoms with Crippen LogP contribution in [-0.4, -0.2) is 36.0 Å². The number of rotatable bonds is 8. The normalized spacial score (nSPS) is 13.4. The minimum Gasteiger partial charge on any atom is -0.480 e. The fourth-order valence-electron chi connectivity index (χ4n) is 3.40. The molecule has 0 fully saturated rings. The number of nitrogens with one attached hydrogen (secondary N) is 1. The number of halogens is 1. The van der Waals surface area contributed by atoms with E-state index in [0.29, 0.717) is 0 Å². The number of carbonyl (C=O) groups is 1. The van der Waals surface area contributed by atoms with Gasteiger partial charge >= 0.3 is 5.97 Å². The van der Waals surface area contributed by atoms with Crippen molar-refractivity contribution >= 4 is 34.0 Å². The van der Waals surface area contributed by atoms with Crippen LogP contribution in [0.2, 0.25) is 0 Å². The molecule has 0 radical (unpaired) electrons. The van der Waals surface area contributed by atoms with E-state index >= 15 is 0 Å². The molecule has 0 spiro atoms. The van der Waals surface area contributed by atoms with E-state index < -0.39 is 20.7 Å². The van der Waals surface area contributed by atoms with Crippen LogP contribution >= 0.6 is 12.4 Å². The van der Waals surface area contributed by atoms with Crippen molar-refractivity contribution in [1.82, 2.24) is 9.97 Å². The maximum atomic E-state index is 13.7. The van der Waals surface area contributed by atoms with Crippen LogP contribution in [-0.2, 0) is 31.3 Å². The molecule has 0 amide bonds. The highest BCUT2D eigenvalue weighted by molar-refractivity contribution is 7.92. The fourth-order valence-corrected chi connectivity index (χ4v) is 5.02. The van der Waals surface area contributed by atoms with Crippen LogP contribution in [0.15, 0.2) is 71.9 Å². The second kappa shape index (κ2) is 10.5. The van der Waals surface area contributed by atoms with Crippen LogP contribution < -0.4 is 11.1 Å². The Morgan fingerprint density at radius 1 is 1.06 bits per heavy atom. The zero-order valence-corrected chi connectivity index (χ0v) is 20.9. The predicted octanol–water partition coefficient (Wildman–Crippen LogP) is 3.52. The van der Waals surface area contributed by atoms with Gasteiger partial charge in [0, 0.05) is 18.8 Å². The van der Waals surface area contributed by atoms with E-state index in [1.165, 1.54) is 30.6 Å². The Balaban J connectivity index is 0.00000408. The van der Waals surface area contributed by atoms with Crippen molar-refractivity contribution in [2.45, 2.75) is 42.4 Å².